The van der Waals surface area contributed by atoms with Gasteiger partial charge in [-0.05, 0) is 36.8 Å². The molecule has 0 saturated carbocycles. The van der Waals surface area contributed by atoms with E-state index in [4.69, 9.17) is 0 Å². The summed E-state index contributed by atoms with van der Waals surface area (Å²) in [5, 5.41) is 3.30. The Balaban J connectivity index is 2.05. The highest BCUT2D eigenvalue weighted by atomic mass is 16.2. The zero-order valence-electron chi connectivity index (χ0n) is 12.7. The number of nitrogens with one attached hydrogen (secondary N) is 1. The summed E-state index contributed by atoms with van der Waals surface area (Å²) < 4.78 is 0. The van der Waals surface area contributed by atoms with Gasteiger partial charge >= 0.3 is 0 Å². The van der Waals surface area contributed by atoms with E-state index >= 15 is 0 Å². The molecule has 1 aromatic heterocycles. The number of pyridine rings is 1. The molecule has 1 saturated heterocycles. The third-order valence-electron chi connectivity index (χ3n) is 4.18. The van der Waals surface area contributed by atoms with Gasteiger partial charge in [0, 0.05) is 31.5 Å². The molecule has 0 aromatic carbocycles. The molecule has 2 unspecified atom stereocenters. The van der Waals surface area contributed by atoms with Crippen molar-refractivity contribution in [3.05, 3.63) is 24.0 Å². The molecule has 0 aliphatic carbocycles. The van der Waals surface area contributed by atoms with Crippen LogP contribution in [0, 0.1) is 11.8 Å². The third kappa shape index (κ3) is 3.50. The number of carbonyl (C=O) groups excluding carboxylic acids is 1. The summed E-state index contributed by atoms with van der Waals surface area (Å²) in [5.41, 5.74) is 1.52. The summed E-state index contributed by atoms with van der Waals surface area (Å²) >= 11 is 0. The Kier molecular flexibility index (Phi) is 4.99. The molecule has 0 bridgehead atoms. The molecule has 20 heavy (non-hydrogen) atoms. The van der Waals surface area contributed by atoms with Crippen LogP contribution in [0.25, 0.3) is 0 Å². The fraction of sp³-hybridized carbons (Fsp3) is 0.625. The zero-order valence-corrected chi connectivity index (χ0v) is 12.7. The maximum absolute atomic E-state index is 12.5. The lowest BCUT2D eigenvalue weighted by atomic mass is 9.88. The Morgan fingerprint density at radius 1 is 1.45 bits per heavy atom. The van der Waals surface area contributed by atoms with Gasteiger partial charge in [-0.15, -0.1) is 0 Å². The molecule has 110 valence electrons. The second-order valence-corrected chi connectivity index (χ2v) is 5.85. The van der Waals surface area contributed by atoms with Gasteiger partial charge in [0.1, 0.15) is 5.69 Å². The predicted octanol–water partition coefficient (Wildman–Crippen LogP) is 3.02. The van der Waals surface area contributed by atoms with Crippen LogP contribution < -0.4 is 5.32 Å². The van der Waals surface area contributed by atoms with Gasteiger partial charge in [-0.1, -0.05) is 20.8 Å². The topological polar surface area (TPSA) is 45.2 Å². The van der Waals surface area contributed by atoms with Gasteiger partial charge in [0.15, 0.2) is 0 Å². The number of anilines is 1. The Hall–Kier alpha value is -1.58. The van der Waals surface area contributed by atoms with Crippen LogP contribution in [0.1, 0.15) is 44.1 Å². The van der Waals surface area contributed by atoms with Crippen molar-refractivity contribution in [1.29, 1.82) is 0 Å². The van der Waals surface area contributed by atoms with E-state index < -0.39 is 0 Å². The van der Waals surface area contributed by atoms with Gasteiger partial charge < -0.3 is 10.2 Å². The largest absolute Gasteiger partial charge is 0.385 e. The van der Waals surface area contributed by atoms with Gasteiger partial charge in [0.2, 0.25) is 0 Å². The minimum absolute atomic E-state index is 0.0592. The van der Waals surface area contributed by atoms with Gasteiger partial charge in [-0.25, -0.2) is 0 Å². The van der Waals surface area contributed by atoms with E-state index in [2.05, 4.69) is 31.1 Å². The normalized spacial score (nSPS) is 22.6. The van der Waals surface area contributed by atoms with E-state index in [0.29, 0.717) is 17.5 Å². The average Bonchev–Trinajstić information content (AvgIpc) is 2.47. The molecule has 1 aromatic rings. The summed E-state index contributed by atoms with van der Waals surface area (Å²) in [6, 6.07) is 3.77. The number of likely N-dealkylation sites (tertiary alicyclic amines) is 1. The summed E-state index contributed by atoms with van der Waals surface area (Å²) in [6.45, 7) is 9.20. The molecular formula is C16H25N3O. The Labute approximate surface area is 121 Å². The van der Waals surface area contributed by atoms with Crippen LogP contribution >= 0.6 is 0 Å². The van der Waals surface area contributed by atoms with Gasteiger partial charge in [0.05, 0.1) is 0 Å². The number of aromatic nitrogens is 1. The SMILES string of the molecule is CCCNc1ccnc(C(=O)N2CCC(C)C(C)C2)c1. The molecule has 4 nitrogen and oxygen atoms in total. The van der Waals surface area contributed by atoms with Crippen molar-refractivity contribution in [2.45, 2.75) is 33.6 Å². The number of hydrogen-bond acceptors (Lipinski definition) is 3. The van der Waals surface area contributed by atoms with Crippen molar-refractivity contribution in [3.8, 4) is 0 Å². The molecule has 0 spiro atoms. The quantitative estimate of drug-likeness (QED) is 0.918. The standard InChI is InChI=1S/C16H25N3O/c1-4-7-17-14-5-8-18-15(10-14)16(20)19-9-6-12(2)13(3)11-19/h5,8,10,12-13H,4,6-7,9,11H2,1-3H3,(H,17,18). The van der Waals surface area contributed by atoms with Crippen molar-refractivity contribution in [2.24, 2.45) is 11.8 Å². The Bertz CT molecular complexity index is 461. The molecule has 0 radical (unpaired) electrons. The first-order valence-corrected chi connectivity index (χ1v) is 7.61. The van der Waals surface area contributed by atoms with Crippen LogP contribution in [0.4, 0.5) is 5.69 Å². The molecule has 1 aliphatic rings. The monoisotopic (exact) mass is 275 g/mol. The maximum Gasteiger partial charge on any atom is 0.272 e. The third-order valence-corrected chi connectivity index (χ3v) is 4.18. The van der Waals surface area contributed by atoms with E-state index in [0.717, 1.165) is 38.2 Å². The van der Waals surface area contributed by atoms with Crippen LogP contribution in [-0.4, -0.2) is 35.4 Å². The lowest BCUT2D eigenvalue weighted by Crippen LogP contribution is -2.42. The highest BCUT2D eigenvalue weighted by molar-refractivity contribution is 5.93. The molecule has 4 heteroatoms. The Morgan fingerprint density at radius 2 is 2.25 bits per heavy atom. The number of carbonyl (C=O) groups is 1. The first kappa shape index (κ1) is 14.8. The van der Waals surface area contributed by atoms with Crippen molar-refractivity contribution in [2.75, 3.05) is 25.0 Å². The number of nitrogens with zero attached hydrogens (tertiary/aromatic N) is 2. The van der Waals surface area contributed by atoms with Crippen molar-refractivity contribution < 1.29 is 4.79 Å². The predicted molar refractivity (Wildman–Crippen MR) is 81.9 cm³/mol. The molecular weight excluding hydrogens is 250 g/mol. The first-order valence-electron chi connectivity index (χ1n) is 7.61. The minimum Gasteiger partial charge on any atom is -0.385 e. The zero-order chi connectivity index (χ0) is 14.5. The van der Waals surface area contributed by atoms with Crippen LogP contribution in [0.15, 0.2) is 18.3 Å². The molecule has 2 heterocycles. The van der Waals surface area contributed by atoms with E-state index in [1.54, 1.807) is 6.20 Å². The molecule has 1 amide bonds. The number of rotatable bonds is 4. The van der Waals surface area contributed by atoms with Gasteiger partial charge in [-0.3, -0.25) is 9.78 Å². The summed E-state index contributed by atoms with van der Waals surface area (Å²) in [6.07, 6.45) is 3.86. The highest BCUT2D eigenvalue weighted by Crippen LogP contribution is 2.23. The van der Waals surface area contributed by atoms with E-state index in [-0.39, 0.29) is 5.91 Å². The summed E-state index contributed by atoms with van der Waals surface area (Å²) in [7, 11) is 0. The molecule has 1 fully saturated rings. The second-order valence-electron chi connectivity index (χ2n) is 5.85. The fourth-order valence-corrected chi connectivity index (χ4v) is 2.54. The van der Waals surface area contributed by atoms with Crippen molar-refractivity contribution in [1.82, 2.24) is 9.88 Å². The van der Waals surface area contributed by atoms with E-state index in [1.807, 2.05) is 17.0 Å². The Morgan fingerprint density at radius 3 is 2.95 bits per heavy atom. The maximum atomic E-state index is 12.5. The lowest BCUT2D eigenvalue weighted by molar-refractivity contribution is 0.0621. The molecule has 1 aliphatic heterocycles. The van der Waals surface area contributed by atoms with Crippen LogP contribution in [0.5, 0.6) is 0 Å². The van der Waals surface area contributed by atoms with Crippen LogP contribution in [-0.2, 0) is 0 Å². The molecule has 2 rings (SSSR count). The van der Waals surface area contributed by atoms with Crippen LogP contribution in [0.3, 0.4) is 0 Å². The molecule has 2 atom stereocenters. The first-order chi connectivity index (χ1) is 9.61. The minimum atomic E-state index is 0.0592. The van der Waals surface area contributed by atoms with Gasteiger partial charge in [-0.2, -0.15) is 0 Å². The van der Waals surface area contributed by atoms with Crippen molar-refractivity contribution in [3.63, 3.8) is 0 Å². The van der Waals surface area contributed by atoms with E-state index in [9.17, 15) is 4.79 Å². The van der Waals surface area contributed by atoms with Gasteiger partial charge in [0.25, 0.3) is 5.91 Å². The fourth-order valence-electron chi connectivity index (χ4n) is 2.54. The molecule has 1 N–H and O–H groups in total. The number of hydrogen-bond donors (Lipinski definition) is 1. The van der Waals surface area contributed by atoms with Crippen molar-refractivity contribution >= 4 is 11.6 Å². The summed E-state index contributed by atoms with van der Waals surface area (Å²) in [5.74, 6) is 1.32. The highest BCUT2D eigenvalue weighted by Gasteiger charge is 2.27. The smallest absolute Gasteiger partial charge is 0.272 e. The van der Waals surface area contributed by atoms with E-state index in [1.165, 1.54) is 0 Å². The number of amides is 1. The van der Waals surface area contributed by atoms with Crippen LogP contribution in [0.2, 0.25) is 0 Å². The summed E-state index contributed by atoms with van der Waals surface area (Å²) in [4.78, 5) is 18.7. The average molecular weight is 275 g/mol. The lowest BCUT2D eigenvalue weighted by Gasteiger charge is -2.35. The second kappa shape index (κ2) is 6.73. The number of piperidine rings is 1.